The molecule has 0 amide bonds. The summed E-state index contributed by atoms with van der Waals surface area (Å²) in [6.07, 6.45) is 2.39. The van der Waals surface area contributed by atoms with Crippen LogP contribution < -0.4 is 5.32 Å². The highest BCUT2D eigenvalue weighted by atomic mass is 16.5. The summed E-state index contributed by atoms with van der Waals surface area (Å²) in [7, 11) is 0. The molecule has 2 fully saturated rings. The van der Waals surface area contributed by atoms with Crippen molar-refractivity contribution in [2.75, 3.05) is 26.3 Å². The van der Waals surface area contributed by atoms with Crippen LogP contribution in [-0.2, 0) is 9.47 Å². The van der Waals surface area contributed by atoms with Crippen LogP contribution in [0.1, 0.15) is 33.6 Å². The molecule has 0 bridgehead atoms. The predicted octanol–water partition coefficient (Wildman–Crippen LogP) is 1.57. The van der Waals surface area contributed by atoms with E-state index >= 15 is 0 Å². The van der Waals surface area contributed by atoms with E-state index in [4.69, 9.17) is 9.47 Å². The molecule has 0 saturated carbocycles. The van der Waals surface area contributed by atoms with Crippen LogP contribution >= 0.6 is 0 Å². The molecule has 1 spiro atoms. The van der Waals surface area contributed by atoms with Crippen LogP contribution in [0.15, 0.2) is 0 Å². The number of morpholine rings is 1. The fourth-order valence-electron chi connectivity index (χ4n) is 2.34. The average Bonchev–Trinajstić information content (AvgIpc) is 2.18. The summed E-state index contributed by atoms with van der Waals surface area (Å²) in [5, 5.41) is 3.52. The van der Waals surface area contributed by atoms with Crippen LogP contribution in [0.3, 0.4) is 0 Å². The van der Waals surface area contributed by atoms with E-state index in [1.807, 2.05) is 0 Å². The molecule has 3 heteroatoms. The third-order valence-corrected chi connectivity index (χ3v) is 3.54. The van der Waals surface area contributed by atoms with Crippen LogP contribution in [0.5, 0.6) is 0 Å². The van der Waals surface area contributed by atoms with E-state index in [0.717, 1.165) is 39.1 Å². The second kappa shape index (κ2) is 4.04. The van der Waals surface area contributed by atoms with Crippen LogP contribution in [0.4, 0.5) is 0 Å². The molecule has 0 aromatic rings. The number of ether oxygens (including phenoxy) is 2. The fraction of sp³-hybridized carbons (Fsp3) is 1.00. The zero-order valence-corrected chi connectivity index (χ0v) is 10.1. The Bertz CT molecular complexity index is 211. The Kier molecular flexibility index (Phi) is 3.06. The first kappa shape index (κ1) is 11.4. The monoisotopic (exact) mass is 213 g/mol. The topological polar surface area (TPSA) is 30.5 Å². The summed E-state index contributed by atoms with van der Waals surface area (Å²) in [6.45, 7) is 10.4. The largest absolute Gasteiger partial charge is 0.381 e. The number of hydrogen-bond acceptors (Lipinski definition) is 3. The molecule has 2 aliphatic heterocycles. The van der Waals surface area contributed by atoms with Crippen molar-refractivity contribution in [2.24, 2.45) is 5.41 Å². The summed E-state index contributed by atoms with van der Waals surface area (Å²) in [5.74, 6) is 0. The lowest BCUT2D eigenvalue weighted by Crippen LogP contribution is -2.59. The second-order valence-electron chi connectivity index (χ2n) is 5.90. The van der Waals surface area contributed by atoms with Gasteiger partial charge in [0.25, 0.3) is 0 Å². The van der Waals surface area contributed by atoms with Gasteiger partial charge in [-0.15, -0.1) is 0 Å². The van der Waals surface area contributed by atoms with E-state index < -0.39 is 0 Å². The van der Waals surface area contributed by atoms with E-state index in [1.54, 1.807) is 0 Å². The lowest BCUT2D eigenvalue weighted by Gasteiger charge is -2.47. The van der Waals surface area contributed by atoms with E-state index in [1.165, 1.54) is 0 Å². The summed E-state index contributed by atoms with van der Waals surface area (Å²) in [4.78, 5) is 0. The van der Waals surface area contributed by atoms with E-state index in [9.17, 15) is 0 Å². The lowest BCUT2D eigenvalue weighted by atomic mass is 9.84. The van der Waals surface area contributed by atoms with E-state index in [-0.39, 0.29) is 11.0 Å². The standard InChI is InChI=1S/C12H23NO2/c1-11(2,3)10-8-13-9-12(15-10)4-6-14-7-5-12/h10,13H,4-9H2,1-3H3. The van der Waals surface area contributed by atoms with Gasteiger partial charge in [0.15, 0.2) is 0 Å². The van der Waals surface area contributed by atoms with Gasteiger partial charge >= 0.3 is 0 Å². The minimum atomic E-state index is 0.0500. The van der Waals surface area contributed by atoms with Crippen LogP contribution in [0.25, 0.3) is 0 Å². The quantitative estimate of drug-likeness (QED) is 0.662. The molecule has 15 heavy (non-hydrogen) atoms. The molecule has 0 radical (unpaired) electrons. The third kappa shape index (κ3) is 2.52. The molecule has 2 aliphatic rings. The minimum absolute atomic E-state index is 0.0500. The van der Waals surface area contributed by atoms with Crippen LogP contribution in [0.2, 0.25) is 0 Å². The molecule has 88 valence electrons. The van der Waals surface area contributed by atoms with Gasteiger partial charge in [-0.3, -0.25) is 0 Å². The second-order valence-corrected chi connectivity index (χ2v) is 5.90. The highest BCUT2D eigenvalue weighted by Gasteiger charge is 2.42. The molecular formula is C12H23NO2. The van der Waals surface area contributed by atoms with Crippen molar-refractivity contribution in [2.45, 2.75) is 45.3 Å². The molecule has 1 unspecified atom stereocenters. The van der Waals surface area contributed by atoms with Crippen molar-refractivity contribution >= 4 is 0 Å². The smallest absolute Gasteiger partial charge is 0.0854 e. The highest BCUT2D eigenvalue weighted by molar-refractivity contribution is 4.93. The van der Waals surface area contributed by atoms with Crippen molar-refractivity contribution in [3.63, 3.8) is 0 Å². The summed E-state index contributed by atoms with van der Waals surface area (Å²) in [5.41, 5.74) is 0.271. The molecular weight excluding hydrogens is 190 g/mol. The van der Waals surface area contributed by atoms with Gasteiger partial charge in [-0.1, -0.05) is 20.8 Å². The molecule has 2 saturated heterocycles. The van der Waals surface area contributed by atoms with Gasteiger partial charge in [0.2, 0.25) is 0 Å². The number of hydrogen-bond donors (Lipinski definition) is 1. The molecule has 3 nitrogen and oxygen atoms in total. The van der Waals surface area contributed by atoms with Gasteiger partial charge in [-0.05, 0) is 5.41 Å². The molecule has 1 N–H and O–H groups in total. The van der Waals surface area contributed by atoms with Crippen molar-refractivity contribution in [3.8, 4) is 0 Å². The number of rotatable bonds is 0. The Morgan fingerprint density at radius 2 is 1.87 bits per heavy atom. The average molecular weight is 213 g/mol. The lowest BCUT2D eigenvalue weighted by molar-refractivity contribution is -0.184. The molecule has 0 aromatic heterocycles. The van der Waals surface area contributed by atoms with Gasteiger partial charge in [0, 0.05) is 39.1 Å². The van der Waals surface area contributed by atoms with Gasteiger partial charge in [-0.25, -0.2) is 0 Å². The van der Waals surface area contributed by atoms with E-state index in [2.05, 4.69) is 26.1 Å². The SMILES string of the molecule is CC(C)(C)C1CNCC2(CCOCC2)O1. The van der Waals surface area contributed by atoms with Gasteiger partial charge in [0.05, 0.1) is 11.7 Å². The van der Waals surface area contributed by atoms with Crippen molar-refractivity contribution in [1.29, 1.82) is 0 Å². The molecule has 2 rings (SSSR count). The normalized spacial score (nSPS) is 31.8. The Morgan fingerprint density at radius 1 is 1.20 bits per heavy atom. The molecule has 2 heterocycles. The summed E-state index contributed by atoms with van der Waals surface area (Å²) < 4.78 is 11.7. The Labute approximate surface area is 92.5 Å². The van der Waals surface area contributed by atoms with Crippen LogP contribution in [-0.4, -0.2) is 38.0 Å². The zero-order valence-electron chi connectivity index (χ0n) is 10.1. The van der Waals surface area contributed by atoms with Crippen molar-refractivity contribution < 1.29 is 9.47 Å². The molecule has 0 aromatic carbocycles. The molecule has 1 atom stereocenters. The third-order valence-electron chi connectivity index (χ3n) is 3.54. The first-order valence-corrected chi connectivity index (χ1v) is 5.98. The first-order chi connectivity index (χ1) is 7.02. The van der Waals surface area contributed by atoms with Gasteiger partial charge in [0.1, 0.15) is 0 Å². The maximum Gasteiger partial charge on any atom is 0.0854 e. The Balaban J connectivity index is 2.02. The zero-order chi connectivity index (χ0) is 10.9. The maximum absolute atomic E-state index is 6.34. The Morgan fingerprint density at radius 3 is 2.47 bits per heavy atom. The predicted molar refractivity (Wildman–Crippen MR) is 60.0 cm³/mol. The first-order valence-electron chi connectivity index (χ1n) is 5.98. The van der Waals surface area contributed by atoms with Crippen molar-refractivity contribution in [3.05, 3.63) is 0 Å². The fourth-order valence-corrected chi connectivity index (χ4v) is 2.34. The summed E-state index contributed by atoms with van der Waals surface area (Å²) >= 11 is 0. The maximum atomic E-state index is 6.34. The minimum Gasteiger partial charge on any atom is -0.381 e. The van der Waals surface area contributed by atoms with Gasteiger partial charge < -0.3 is 14.8 Å². The summed E-state index contributed by atoms with van der Waals surface area (Å²) in [6, 6.07) is 0. The Hall–Kier alpha value is -0.120. The van der Waals surface area contributed by atoms with Crippen LogP contribution in [0, 0.1) is 5.41 Å². The highest BCUT2D eigenvalue weighted by Crippen LogP contribution is 2.34. The number of nitrogens with one attached hydrogen (secondary N) is 1. The molecule has 0 aliphatic carbocycles. The van der Waals surface area contributed by atoms with E-state index in [0.29, 0.717) is 6.10 Å². The van der Waals surface area contributed by atoms with Gasteiger partial charge in [-0.2, -0.15) is 0 Å². The van der Waals surface area contributed by atoms with Crippen molar-refractivity contribution in [1.82, 2.24) is 5.32 Å².